The molecule has 0 aliphatic carbocycles. The highest BCUT2D eigenvalue weighted by atomic mass is 16.5. The fourth-order valence-corrected chi connectivity index (χ4v) is 0.326. The van der Waals surface area contributed by atoms with Gasteiger partial charge in [-0.15, -0.1) is 0 Å². The van der Waals surface area contributed by atoms with Crippen LogP contribution in [0.25, 0.3) is 0 Å². The predicted octanol–water partition coefficient (Wildman–Crippen LogP) is -0.0475. The smallest absolute Gasteiger partial charge is 0.131 e. The van der Waals surface area contributed by atoms with Gasteiger partial charge in [-0.2, -0.15) is 0 Å². The molecule has 2 N–H and O–H groups in total. The Balaban J connectivity index is 3.29. The molecule has 0 fully saturated rings. The molecule has 0 amide bonds. The van der Waals surface area contributed by atoms with Crippen LogP contribution in [0, 0.1) is 0 Å². The van der Waals surface area contributed by atoms with Crippen molar-refractivity contribution in [3.8, 4) is 0 Å². The maximum Gasteiger partial charge on any atom is 0.131 e. The topological polar surface area (TPSA) is 44.5 Å². The quantitative estimate of drug-likeness (QED) is 0.530. The molecule has 0 aromatic rings. The molecule has 0 heterocycles. The van der Waals surface area contributed by atoms with Crippen LogP contribution >= 0.6 is 0 Å². The minimum absolute atomic E-state index is 0.0278. The number of nitrogens with two attached hydrogens (primary N) is 1. The van der Waals surface area contributed by atoms with Gasteiger partial charge in [0.1, 0.15) is 6.23 Å². The standard InChI is InChI=1S/C5H13NO2/c1-4(7-2)5(6)8-3/h4-5H,6H2,1-3H3/t4-,5+/m1/s1. The van der Waals surface area contributed by atoms with Gasteiger partial charge in [0, 0.05) is 14.2 Å². The van der Waals surface area contributed by atoms with E-state index in [1.165, 1.54) is 0 Å². The molecule has 3 heteroatoms. The van der Waals surface area contributed by atoms with Crippen LogP contribution in [0.3, 0.4) is 0 Å². The zero-order valence-electron chi connectivity index (χ0n) is 5.55. The molecule has 0 saturated heterocycles. The summed E-state index contributed by atoms with van der Waals surface area (Å²) in [7, 11) is 3.16. The Morgan fingerprint density at radius 2 is 1.75 bits per heavy atom. The van der Waals surface area contributed by atoms with Crippen molar-refractivity contribution in [2.45, 2.75) is 19.3 Å². The molecule has 0 bridgehead atoms. The van der Waals surface area contributed by atoms with Crippen LogP contribution < -0.4 is 5.73 Å². The highest BCUT2D eigenvalue weighted by Crippen LogP contribution is 1.92. The first-order valence-electron chi connectivity index (χ1n) is 2.53. The third-order valence-electron chi connectivity index (χ3n) is 1.11. The highest BCUT2D eigenvalue weighted by Gasteiger charge is 2.08. The van der Waals surface area contributed by atoms with Gasteiger partial charge < -0.3 is 15.2 Å². The normalized spacial score (nSPS) is 18.0. The number of hydrogen-bond donors (Lipinski definition) is 1. The van der Waals surface area contributed by atoms with Crippen molar-refractivity contribution in [1.29, 1.82) is 0 Å². The van der Waals surface area contributed by atoms with Gasteiger partial charge in [-0.25, -0.2) is 0 Å². The SMILES string of the molecule is CO[C@H](C)[C@@H](N)OC. The second-order valence-corrected chi connectivity index (χ2v) is 1.64. The van der Waals surface area contributed by atoms with Gasteiger partial charge in [0.2, 0.25) is 0 Å². The molecule has 0 radical (unpaired) electrons. The van der Waals surface area contributed by atoms with Crippen LogP contribution in [0.2, 0.25) is 0 Å². The molecule has 0 aliphatic heterocycles. The lowest BCUT2D eigenvalue weighted by atomic mass is 10.4. The van der Waals surface area contributed by atoms with Crippen molar-refractivity contribution in [2.75, 3.05) is 14.2 Å². The molecule has 3 nitrogen and oxygen atoms in total. The molecule has 0 aromatic carbocycles. The lowest BCUT2D eigenvalue weighted by molar-refractivity contribution is -0.0223. The maximum absolute atomic E-state index is 5.38. The lowest BCUT2D eigenvalue weighted by Gasteiger charge is -2.15. The third kappa shape index (κ3) is 2.26. The molecule has 0 saturated carbocycles. The monoisotopic (exact) mass is 119 g/mol. The Kier molecular flexibility index (Phi) is 3.77. The van der Waals surface area contributed by atoms with Crippen molar-refractivity contribution in [3.05, 3.63) is 0 Å². The van der Waals surface area contributed by atoms with Gasteiger partial charge in [-0.3, -0.25) is 0 Å². The first-order chi connectivity index (χ1) is 3.72. The van der Waals surface area contributed by atoms with E-state index in [9.17, 15) is 0 Å². The van der Waals surface area contributed by atoms with Gasteiger partial charge in [-0.1, -0.05) is 0 Å². The zero-order chi connectivity index (χ0) is 6.57. The summed E-state index contributed by atoms with van der Waals surface area (Å²) in [5.41, 5.74) is 5.38. The molecule has 50 valence electrons. The minimum atomic E-state index is -0.306. The number of methoxy groups -OCH3 is 2. The lowest BCUT2D eigenvalue weighted by Crippen LogP contribution is -2.35. The van der Waals surface area contributed by atoms with E-state index in [1.54, 1.807) is 14.2 Å². The van der Waals surface area contributed by atoms with Crippen LogP contribution in [0.5, 0.6) is 0 Å². The van der Waals surface area contributed by atoms with E-state index < -0.39 is 0 Å². The summed E-state index contributed by atoms with van der Waals surface area (Å²) in [5.74, 6) is 0. The van der Waals surface area contributed by atoms with E-state index in [0.29, 0.717) is 0 Å². The van der Waals surface area contributed by atoms with E-state index in [-0.39, 0.29) is 12.3 Å². The van der Waals surface area contributed by atoms with Crippen molar-refractivity contribution in [2.24, 2.45) is 5.73 Å². The minimum Gasteiger partial charge on any atom is -0.378 e. The fraction of sp³-hybridized carbons (Fsp3) is 1.00. The summed E-state index contributed by atoms with van der Waals surface area (Å²) in [6.07, 6.45) is -0.333. The van der Waals surface area contributed by atoms with Gasteiger partial charge >= 0.3 is 0 Å². The summed E-state index contributed by atoms with van der Waals surface area (Å²) in [6, 6.07) is 0. The van der Waals surface area contributed by atoms with E-state index in [1.807, 2.05) is 6.92 Å². The molecular weight excluding hydrogens is 106 g/mol. The molecule has 8 heavy (non-hydrogen) atoms. The Morgan fingerprint density at radius 3 is 1.88 bits per heavy atom. The van der Waals surface area contributed by atoms with Crippen LogP contribution in [-0.4, -0.2) is 26.6 Å². The molecular formula is C5H13NO2. The molecule has 2 atom stereocenters. The van der Waals surface area contributed by atoms with Gasteiger partial charge in [-0.05, 0) is 6.92 Å². The Labute approximate surface area is 49.8 Å². The van der Waals surface area contributed by atoms with Crippen molar-refractivity contribution < 1.29 is 9.47 Å². The third-order valence-corrected chi connectivity index (χ3v) is 1.11. The van der Waals surface area contributed by atoms with Gasteiger partial charge in [0.05, 0.1) is 6.10 Å². The number of rotatable bonds is 3. The predicted molar refractivity (Wildman–Crippen MR) is 31.5 cm³/mol. The number of hydrogen-bond acceptors (Lipinski definition) is 3. The van der Waals surface area contributed by atoms with Crippen LogP contribution in [0.4, 0.5) is 0 Å². The first kappa shape index (κ1) is 7.88. The van der Waals surface area contributed by atoms with E-state index >= 15 is 0 Å². The summed E-state index contributed by atoms with van der Waals surface area (Å²) < 4.78 is 9.61. The molecule has 0 unspecified atom stereocenters. The summed E-state index contributed by atoms with van der Waals surface area (Å²) in [5, 5.41) is 0. The van der Waals surface area contributed by atoms with Gasteiger partial charge in [0.15, 0.2) is 0 Å². The molecule has 0 aliphatic rings. The van der Waals surface area contributed by atoms with Crippen LogP contribution in [0.15, 0.2) is 0 Å². The first-order valence-corrected chi connectivity index (χ1v) is 2.53. The highest BCUT2D eigenvalue weighted by molar-refractivity contribution is 4.54. The van der Waals surface area contributed by atoms with Crippen molar-refractivity contribution >= 4 is 0 Å². The second-order valence-electron chi connectivity index (χ2n) is 1.64. The Bertz CT molecular complexity index is 50.4. The Morgan fingerprint density at radius 1 is 1.25 bits per heavy atom. The fourth-order valence-electron chi connectivity index (χ4n) is 0.326. The van der Waals surface area contributed by atoms with E-state index in [2.05, 4.69) is 0 Å². The summed E-state index contributed by atoms with van der Waals surface area (Å²) >= 11 is 0. The molecule has 0 spiro atoms. The van der Waals surface area contributed by atoms with E-state index in [0.717, 1.165) is 0 Å². The number of ether oxygens (including phenoxy) is 2. The van der Waals surface area contributed by atoms with Gasteiger partial charge in [0.25, 0.3) is 0 Å². The average Bonchev–Trinajstić information content (AvgIpc) is 1.84. The zero-order valence-corrected chi connectivity index (χ0v) is 5.55. The van der Waals surface area contributed by atoms with Crippen molar-refractivity contribution in [3.63, 3.8) is 0 Å². The maximum atomic E-state index is 5.38. The summed E-state index contributed by atoms with van der Waals surface area (Å²) in [6.45, 7) is 1.86. The Hall–Kier alpha value is -0.120. The van der Waals surface area contributed by atoms with Crippen LogP contribution in [-0.2, 0) is 9.47 Å². The summed E-state index contributed by atoms with van der Waals surface area (Å²) in [4.78, 5) is 0. The second kappa shape index (κ2) is 3.83. The largest absolute Gasteiger partial charge is 0.378 e. The van der Waals surface area contributed by atoms with Crippen molar-refractivity contribution in [1.82, 2.24) is 0 Å². The molecule has 0 aromatic heterocycles. The molecule has 0 rings (SSSR count). The average molecular weight is 119 g/mol. The van der Waals surface area contributed by atoms with Crippen LogP contribution in [0.1, 0.15) is 6.92 Å². The van der Waals surface area contributed by atoms with E-state index in [4.69, 9.17) is 15.2 Å².